The Bertz CT molecular complexity index is 792. The number of hydrogen-bond donors (Lipinski definition) is 2. The summed E-state index contributed by atoms with van der Waals surface area (Å²) in [5, 5.41) is 5.74. The minimum atomic E-state index is -0.286. The molecule has 0 radical (unpaired) electrons. The van der Waals surface area contributed by atoms with Gasteiger partial charge in [0.05, 0.1) is 6.42 Å². The van der Waals surface area contributed by atoms with Gasteiger partial charge in [-0.2, -0.15) is 0 Å². The molecule has 0 unspecified atom stereocenters. The molecule has 0 aliphatic rings. The quantitative estimate of drug-likeness (QED) is 0.742. The van der Waals surface area contributed by atoms with Crippen LogP contribution < -0.4 is 5.32 Å². The Morgan fingerprint density at radius 2 is 2.23 bits per heavy atom. The van der Waals surface area contributed by atoms with Crippen LogP contribution in [0.1, 0.15) is 16.1 Å². The molecule has 0 spiro atoms. The van der Waals surface area contributed by atoms with Crippen molar-refractivity contribution in [2.45, 2.75) is 19.8 Å². The molecule has 114 valence electrons. The summed E-state index contributed by atoms with van der Waals surface area (Å²) in [4.78, 5) is 16.6. The lowest BCUT2D eigenvalue weighted by Crippen LogP contribution is -2.27. The van der Waals surface area contributed by atoms with Crippen LogP contribution in [0.4, 0.5) is 4.39 Å². The van der Waals surface area contributed by atoms with Crippen LogP contribution in [0.5, 0.6) is 0 Å². The zero-order chi connectivity index (χ0) is 15.5. The number of fused-ring (bicyclic) bond motifs is 1. The van der Waals surface area contributed by atoms with E-state index in [1.807, 2.05) is 18.4 Å². The van der Waals surface area contributed by atoms with Crippen molar-refractivity contribution in [1.29, 1.82) is 0 Å². The van der Waals surface area contributed by atoms with Gasteiger partial charge in [0.15, 0.2) is 0 Å². The third kappa shape index (κ3) is 3.20. The molecule has 0 bridgehead atoms. The highest BCUT2D eigenvalue weighted by atomic mass is 32.1. The smallest absolute Gasteiger partial charge is 0.224 e. The third-order valence-electron chi connectivity index (χ3n) is 3.69. The Hall–Kier alpha value is -2.14. The van der Waals surface area contributed by atoms with Crippen LogP contribution in [-0.4, -0.2) is 17.4 Å². The normalized spacial score (nSPS) is 11.0. The van der Waals surface area contributed by atoms with E-state index in [-0.39, 0.29) is 18.1 Å². The van der Waals surface area contributed by atoms with Crippen LogP contribution in [0.15, 0.2) is 35.7 Å². The van der Waals surface area contributed by atoms with Gasteiger partial charge >= 0.3 is 0 Å². The van der Waals surface area contributed by atoms with Crippen molar-refractivity contribution in [1.82, 2.24) is 10.3 Å². The number of aromatic amines is 1. The maximum atomic E-state index is 13.4. The Kier molecular flexibility index (Phi) is 4.24. The van der Waals surface area contributed by atoms with E-state index < -0.39 is 0 Å². The van der Waals surface area contributed by atoms with Crippen molar-refractivity contribution in [2.24, 2.45) is 0 Å². The van der Waals surface area contributed by atoms with E-state index in [9.17, 15) is 9.18 Å². The molecule has 0 aliphatic heterocycles. The lowest BCUT2D eigenvalue weighted by Gasteiger charge is -2.05. The van der Waals surface area contributed by atoms with Crippen molar-refractivity contribution in [3.8, 4) is 0 Å². The van der Waals surface area contributed by atoms with Gasteiger partial charge in [-0.25, -0.2) is 4.39 Å². The Morgan fingerprint density at radius 3 is 3.00 bits per heavy atom. The Labute approximate surface area is 132 Å². The molecule has 3 nitrogen and oxygen atoms in total. The second kappa shape index (κ2) is 6.32. The summed E-state index contributed by atoms with van der Waals surface area (Å²) in [5.41, 5.74) is 2.64. The van der Waals surface area contributed by atoms with Crippen LogP contribution in [-0.2, 0) is 17.6 Å². The van der Waals surface area contributed by atoms with Gasteiger partial charge in [0.1, 0.15) is 5.82 Å². The highest BCUT2D eigenvalue weighted by molar-refractivity contribution is 7.09. The van der Waals surface area contributed by atoms with E-state index in [0.29, 0.717) is 6.54 Å². The molecule has 3 aromatic rings. The molecular formula is C17H17FN2OS. The summed E-state index contributed by atoms with van der Waals surface area (Å²) in [5.74, 6) is -0.323. The lowest BCUT2D eigenvalue weighted by molar-refractivity contribution is -0.120. The highest BCUT2D eigenvalue weighted by Crippen LogP contribution is 2.23. The third-order valence-corrected chi connectivity index (χ3v) is 4.63. The maximum Gasteiger partial charge on any atom is 0.224 e. The molecule has 1 aromatic carbocycles. The van der Waals surface area contributed by atoms with Crippen LogP contribution in [0.3, 0.4) is 0 Å². The van der Waals surface area contributed by atoms with Gasteiger partial charge in [-0.1, -0.05) is 6.07 Å². The average molecular weight is 316 g/mol. The van der Waals surface area contributed by atoms with E-state index >= 15 is 0 Å². The number of hydrogen-bond acceptors (Lipinski definition) is 2. The summed E-state index contributed by atoms with van der Waals surface area (Å²) in [6, 6.07) is 8.67. The van der Waals surface area contributed by atoms with Crippen LogP contribution >= 0.6 is 11.3 Å². The summed E-state index contributed by atoms with van der Waals surface area (Å²) < 4.78 is 13.4. The first-order valence-electron chi connectivity index (χ1n) is 7.19. The molecule has 5 heteroatoms. The van der Waals surface area contributed by atoms with Crippen LogP contribution in [0, 0.1) is 12.7 Å². The van der Waals surface area contributed by atoms with Gasteiger partial charge in [0, 0.05) is 28.0 Å². The van der Waals surface area contributed by atoms with Crippen molar-refractivity contribution >= 4 is 28.1 Å². The van der Waals surface area contributed by atoms with E-state index in [1.54, 1.807) is 17.4 Å². The number of thiophene rings is 1. The number of aromatic nitrogens is 1. The number of rotatable bonds is 5. The fraction of sp³-hybridized carbons (Fsp3) is 0.235. The Morgan fingerprint density at radius 1 is 1.36 bits per heavy atom. The molecule has 3 rings (SSSR count). The molecular weight excluding hydrogens is 299 g/mol. The predicted octanol–water partition coefficient (Wildman–Crippen LogP) is 3.58. The molecule has 1 amide bonds. The minimum absolute atomic E-state index is 0.0372. The minimum Gasteiger partial charge on any atom is -0.358 e. The maximum absolute atomic E-state index is 13.4. The molecule has 2 aromatic heterocycles. The number of nitrogens with one attached hydrogen (secondary N) is 2. The van der Waals surface area contributed by atoms with Gasteiger partial charge in [0.2, 0.25) is 5.91 Å². The van der Waals surface area contributed by atoms with E-state index in [1.165, 1.54) is 17.0 Å². The van der Waals surface area contributed by atoms with Crippen molar-refractivity contribution in [3.05, 3.63) is 57.7 Å². The molecule has 0 fully saturated rings. The number of halogens is 1. The van der Waals surface area contributed by atoms with Crippen molar-refractivity contribution < 1.29 is 9.18 Å². The number of carbonyl (C=O) groups excluding carboxylic acids is 1. The summed E-state index contributed by atoms with van der Waals surface area (Å²) in [6.07, 6.45) is 1.10. The molecule has 22 heavy (non-hydrogen) atoms. The zero-order valence-corrected chi connectivity index (χ0v) is 13.1. The van der Waals surface area contributed by atoms with E-state index in [4.69, 9.17) is 0 Å². The predicted molar refractivity (Wildman–Crippen MR) is 87.7 cm³/mol. The first-order valence-corrected chi connectivity index (χ1v) is 8.07. The fourth-order valence-corrected chi connectivity index (χ4v) is 3.29. The number of benzene rings is 1. The summed E-state index contributed by atoms with van der Waals surface area (Å²) in [6.45, 7) is 2.53. The fourth-order valence-electron chi connectivity index (χ4n) is 2.59. The number of carbonyl (C=O) groups is 1. The second-order valence-electron chi connectivity index (χ2n) is 5.27. The summed E-state index contributed by atoms with van der Waals surface area (Å²) in [7, 11) is 0. The molecule has 0 aliphatic carbocycles. The Balaban J connectivity index is 1.66. The number of H-pyrrole nitrogens is 1. The van der Waals surface area contributed by atoms with Crippen molar-refractivity contribution in [2.75, 3.05) is 6.54 Å². The van der Waals surface area contributed by atoms with Crippen LogP contribution in [0.2, 0.25) is 0 Å². The molecule has 0 saturated carbocycles. The topological polar surface area (TPSA) is 44.9 Å². The van der Waals surface area contributed by atoms with E-state index in [2.05, 4.69) is 16.4 Å². The van der Waals surface area contributed by atoms with Gasteiger partial charge in [-0.15, -0.1) is 11.3 Å². The number of amides is 1. The van der Waals surface area contributed by atoms with Gasteiger partial charge in [-0.3, -0.25) is 4.79 Å². The largest absolute Gasteiger partial charge is 0.358 e. The van der Waals surface area contributed by atoms with Gasteiger partial charge in [-0.05, 0) is 48.6 Å². The van der Waals surface area contributed by atoms with Gasteiger partial charge < -0.3 is 10.3 Å². The second-order valence-corrected chi connectivity index (χ2v) is 6.31. The zero-order valence-electron chi connectivity index (χ0n) is 12.3. The van der Waals surface area contributed by atoms with Crippen LogP contribution in [0.25, 0.3) is 10.9 Å². The van der Waals surface area contributed by atoms with Gasteiger partial charge in [0.25, 0.3) is 0 Å². The van der Waals surface area contributed by atoms with Crippen molar-refractivity contribution in [3.63, 3.8) is 0 Å². The standard InChI is InChI=1S/C17H17FN2OS/c1-11-14(15-9-12(18)4-5-16(15)20-11)10-17(21)19-7-6-13-3-2-8-22-13/h2-5,8-9,20H,6-7,10H2,1H3,(H,19,21). The highest BCUT2D eigenvalue weighted by Gasteiger charge is 2.13. The molecule has 2 heterocycles. The average Bonchev–Trinajstić information content (AvgIpc) is 3.09. The molecule has 0 atom stereocenters. The monoisotopic (exact) mass is 316 g/mol. The summed E-state index contributed by atoms with van der Waals surface area (Å²) >= 11 is 1.69. The first-order chi connectivity index (χ1) is 10.6. The lowest BCUT2D eigenvalue weighted by atomic mass is 10.1. The SMILES string of the molecule is Cc1[nH]c2ccc(F)cc2c1CC(=O)NCCc1cccs1. The van der Waals surface area contributed by atoms with E-state index in [0.717, 1.165) is 28.6 Å². The molecule has 0 saturated heterocycles. The first kappa shape index (κ1) is 14.8. The molecule has 2 N–H and O–H groups in total. The number of aryl methyl sites for hydroxylation is 1.